The molecule has 204 valence electrons. The monoisotopic (exact) mass is 541 g/mol. The number of hydrogen-bond acceptors (Lipinski definition) is 3. The highest BCUT2D eigenvalue weighted by atomic mass is 19.4. The summed E-state index contributed by atoms with van der Waals surface area (Å²) < 4.78 is 71.1. The Bertz CT molecular complexity index is 1410. The van der Waals surface area contributed by atoms with Crippen LogP contribution in [-0.2, 0) is 4.79 Å². The highest BCUT2D eigenvalue weighted by molar-refractivity contribution is 5.93. The van der Waals surface area contributed by atoms with E-state index in [1.165, 1.54) is 13.0 Å². The van der Waals surface area contributed by atoms with E-state index >= 15 is 8.78 Å². The number of aromatic nitrogens is 1. The van der Waals surface area contributed by atoms with Gasteiger partial charge in [-0.05, 0) is 83.6 Å². The molecule has 0 radical (unpaired) electrons. The number of pyridine rings is 1. The van der Waals surface area contributed by atoms with Crippen LogP contribution >= 0.6 is 0 Å². The van der Waals surface area contributed by atoms with Crippen LogP contribution in [0.2, 0.25) is 0 Å². The van der Waals surface area contributed by atoms with Crippen molar-refractivity contribution in [2.24, 2.45) is 17.3 Å². The van der Waals surface area contributed by atoms with Gasteiger partial charge in [-0.1, -0.05) is 48.9 Å². The summed E-state index contributed by atoms with van der Waals surface area (Å²) in [4.78, 5) is 16.3. The fourth-order valence-corrected chi connectivity index (χ4v) is 7.57. The van der Waals surface area contributed by atoms with Crippen LogP contribution in [-0.4, -0.2) is 33.6 Å². The Morgan fingerprint density at radius 1 is 1.00 bits per heavy atom. The maximum Gasteiger partial charge on any atom is 0.456 e. The summed E-state index contributed by atoms with van der Waals surface area (Å²) in [6.45, 7) is 1.38. The number of alkyl halides is 5. The Kier molecular flexibility index (Phi) is 5.81. The molecule has 3 nitrogen and oxygen atoms in total. The third kappa shape index (κ3) is 3.70. The summed E-state index contributed by atoms with van der Waals surface area (Å²) in [7, 11) is 0. The molecule has 39 heavy (non-hydrogen) atoms. The fourth-order valence-electron chi connectivity index (χ4n) is 7.57. The number of carbonyl (C=O) groups is 1. The summed E-state index contributed by atoms with van der Waals surface area (Å²) in [5.74, 6) is -6.77. The number of ketones is 1. The van der Waals surface area contributed by atoms with Gasteiger partial charge in [0.25, 0.3) is 0 Å². The average Bonchev–Trinajstić information content (AvgIpc) is 3.19. The van der Waals surface area contributed by atoms with Crippen molar-refractivity contribution in [3.05, 3.63) is 89.3 Å². The van der Waals surface area contributed by atoms with Gasteiger partial charge in [0.2, 0.25) is 0 Å². The molecule has 2 aromatic rings. The number of fused-ring (bicyclic) bond motifs is 4. The molecular weight excluding hydrogens is 513 g/mol. The van der Waals surface area contributed by atoms with Crippen molar-refractivity contribution in [1.82, 2.24) is 4.98 Å². The number of benzene rings is 1. The van der Waals surface area contributed by atoms with Crippen LogP contribution < -0.4 is 0 Å². The van der Waals surface area contributed by atoms with Gasteiger partial charge >= 0.3 is 12.1 Å². The second-order valence-corrected chi connectivity index (χ2v) is 11.5. The summed E-state index contributed by atoms with van der Waals surface area (Å²) in [6, 6.07) is 11.3. The molecule has 4 aliphatic carbocycles. The van der Waals surface area contributed by atoms with E-state index in [0.717, 1.165) is 33.4 Å². The first kappa shape index (κ1) is 26.1. The lowest BCUT2D eigenvalue weighted by molar-refractivity contribution is -0.352. The Morgan fingerprint density at radius 2 is 1.74 bits per heavy atom. The lowest BCUT2D eigenvalue weighted by atomic mass is 9.50. The minimum atomic E-state index is -5.91. The van der Waals surface area contributed by atoms with E-state index in [2.05, 4.69) is 4.98 Å². The predicted molar refractivity (Wildman–Crippen MR) is 136 cm³/mol. The second-order valence-electron chi connectivity index (χ2n) is 11.5. The lowest BCUT2D eigenvalue weighted by Gasteiger charge is -2.56. The first-order chi connectivity index (χ1) is 18.4. The number of halogens is 5. The smallest absolute Gasteiger partial charge is 0.378 e. The zero-order valence-corrected chi connectivity index (χ0v) is 21.3. The van der Waals surface area contributed by atoms with Crippen molar-refractivity contribution >= 4 is 5.78 Å². The Hall–Kier alpha value is -3.13. The molecule has 1 aromatic carbocycles. The first-order valence-corrected chi connectivity index (χ1v) is 13.2. The fraction of sp³-hybridized carbons (Fsp3) is 0.419. The zero-order valence-electron chi connectivity index (χ0n) is 21.3. The van der Waals surface area contributed by atoms with Gasteiger partial charge in [0.1, 0.15) is 0 Å². The summed E-state index contributed by atoms with van der Waals surface area (Å²) >= 11 is 0. The minimum Gasteiger partial charge on any atom is -0.378 e. The largest absolute Gasteiger partial charge is 0.456 e. The molecule has 1 saturated carbocycles. The van der Waals surface area contributed by atoms with E-state index in [-0.39, 0.29) is 18.1 Å². The Labute approximate surface area is 223 Å². The average molecular weight is 542 g/mol. The third-order valence-electron chi connectivity index (χ3n) is 9.55. The molecule has 0 aliphatic heterocycles. The number of aliphatic hydroxyl groups is 1. The molecule has 1 fully saturated rings. The summed E-state index contributed by atoms with van der Waals surface area (Å²) in [5, 5.41) is 11.3. The van der Waals surface area contributed by atoms with E-state index < -0.39 is 35.0 Å². The highest BCUT2D eigenvalue weighted by Gasteiger charge is 2.77. The molecule has 0 saturated heterocycles. The minimum absolute atomic E-state index is 0.0470. The molecule has 0 spiro atoms. The molecular formula is C31H28F5NO2. The van der Waals surface area contributed by atoms with Crippen LogP contribution in [0.15, 0.2) is 83.7 Å². The summed E-state index contributed by atoms with van der Waals surface area (Å²) in [5.41, 5.74) is 0.420. The van der Waals surface area contributed by atoms with Crippen LogP contribution in [0.25, 0.3) is 11.1 Å². The van der Waals surface area contributed by atoms with E-state index in [9.17, 15) is 23.1 Å². The maximum absolute atomic E-state index is 15.1. The van der Waals surface area contributed by atoms with Crippen LogP contribution in [0, 0.1) is 17.3 Å². The van der Waals surface area contributed by atoms with E-state index in [1.807, 2.05) is 36.4 Å². The number of rotatable bonds is 3. The molecule has 6 rings (SSSR count). The molecule has 4 aliphatic rings. The molecule has 5 atom stereocenters. The van der Waals surface area contributed by atoms with Crippen molar-refractivity contribution in [2.45, 2.75) is 62.6 Å². The van der Waals surface area contributed by atoms with Gasteiger partial charge < -0.3 is 5.11 Å². The Balaban J connectivity index is 1.50. The van der Waals surface area contributed by atoms with Gasteiger partial charge in [-0.15, -0.1) is 0 Å². The molecule has 1 N–H and O–H groups in total. The van der Waals surface area contributed by atoms with Crippen molar-refractivity contribution in [3.8, 4) is 11.1 Å². The van der Waals surface area contributed by atoms with Crippen LogP contribution in [0.5, 0.6) is 0 Å². The number of carbonyl (C=O) groups excluding carboxylic acids is 1. The van der Waals surface area contributed by atoms with E-state index in [0.29, 0.717) is 31.8 Å². The van der Waals surface area contributed by atoms with Gasteiger partial charge in [0, 0.05) is 30.1 Å². The Morgan fingerprint density at radius 3 is 2.41 bits per heavy atom. The standard InChI is InChI=1S/C31H28F5NO2/c1-28-16-25(19-6-4-18(5-7-19)21-3-2-14-37-17-21)27-23-11-9-22(38)15-20(23)8-10-24(27)26(28)12-13-29(28,39)30(32,33)31(34,35)36/h2-7,12-15,17,24-26,39H,8-11,16H2,1H3/t24-,25+,26-,28-,29-/m0/s1. The van der Waals surface area contributed by atoms with E-state index in [1.54, 1.807) is 18.5 Å². The molecule has 0 unspecified atom stereocenters. The van der Waals surface area contributed by atoms with Gasteiger partial charge in [-0.2, -0.15) is 22.0 Å². The first-order valence-electron chi connectivity index (χ1n) is 13.2. The summed E-state index contributed by atoms with van der Waals surface area (Å²) in [6.07, 6.45) is 3.09. The molecule has 0 bridgehead atoms. The zero-order chi connectivity index (χ0) is 27.8. The van der Waals surface area contributed by atoms with Crippen LogP contribution in [0.4, 0.5) is 22.0 Å². The van der Waals surface area contributed by atoms with Crippen LogP contribution in [0.1, 0.15) is 50.5 Å². The molecule has 8 heteroatoms. The number of nitrogens with zero attached hydrogens (tertiary/aromatic N) is 1. The molecule has 1 heterocycles. The number of allylic oxidation sites excluding steroid dienone is 5. The van der Waals surface area contributed by atoms with Crippen molar-refractivity contribution in [1.29, 1.82) is 0 Å². The van der Waals surface area contributed by atoms with Gasteiger partial charge in [0.15, 0.2) is 11.4 Å². The topological polar surface area (TPSA) is 50.2 Å². The molecule has 0 amide bonds. The SMILES string of the molecule is C[C@]12C[C@H](c3ccc(-c4cccnc4)cc3)C3=C4CCC(=O)C=C4CC[C@H]3[C@@H]1C=C[C@@]2(O)C(F)(F)C(F)(F)F. The quantitative estimate of drug-likeness (QED) is 0.327. The van der Waals surface area contributed by atoms with Crippen molar-refractivity contribution in [2.75, 3.05) is 0 Å². The maximum atomic E-state index is 15.1. The highest BCUT2D eigenvalue weighted by Crippen LogP contribution is 2.68. The second kappa shape index (κ2) is 8.68. The van der Waals surface area contributed by atoms with E-state index in [4.69, 9.17) is 0 Å². The third-order valence-corrected chi connectivity index (χ3v) is 9.55. The molecule has 1 aromatic heterocycles. The predicted octanol–water partition coefficient (Wildman–Crippen LogP) is 7.35. The van der Waals surface area contributed by atoms with Gasteiger partial charge in [0.05, 0.1) is 0 Å². The van der Waals surface area contributed by atoms with Gasteiger partial charge in [-0.25, -0.2) is 0 Å². The van der Waals surface area contributed by atoms with Crippen molar-refractivity contribution < 1.29 is 31.9 Å². The lowest BCUT2D eigenvalue weighted by Crippen LogP contribution is -2.65. The number of hydrogen-bond donors (Lipinski definition) is 1. The van der Waals surface area contributed by atoms with Crippen molar-refractivity contribution in [3.63, 3.8) is 0 Å². The normalized spacial score (nSPS) is 32.4. The van der Waals surface area contributed by atoms with Crippen LogP contribution in [0.3, 0.4) is 0 Å². The van der Waals surface area contributed by atoms with Gasteiger partial charge in [-0.3, -0.25) is 9.78 Å².